The Morgan fingerprint density at radius 1 is 1.10 bits per heavy atom. The van der Waals surface area contributed by atoms with Gasteiger partial charge in [0, 0.05) is 18.3 Å². The number of nitrogens with zero attached hydrogens (tertiary/aromatic N) is 1. The fraction of sp³-hybridized carbons (Fsp3) is 0.556. The maximum Gasteiger partial charge on any atom is 0.119 e. The zero-order valence-corrected chi connectivity index (χ0v) is 13.0. The first-order valence-electron chi connectivity index (χ1n) is 7.62. The second-order valence-electron chi connectivity index (χ2n) is 7.06. The van der Waals surface area contributed by atoms with Crippen LogP contribution in [0.5, 0.6) is 5.75 Å². The van der Waals surface area contributed by atoms with E-state index in [1.807, 2.05) is 0 Å². The molecule has 2 heteroatoms. The van der Waals surface area contributed by atoms with Crippen LogP contribution in [-0.2, 0) is 0 Å². The van der Waals surface area contributed by atoms with Crippen molar-refractivity contribution in [1.29, 1.82) is 0 Å². The maximum atomic E-state index is 5.25. The van der Waals surface area contributed by atoms with Gasteiger partial charge in [0.2, 0.25) is 0 Å². The van der Waals surface area contributed by atoms with Crippen LogP contribution in [0.25, 0.3) is 0 Å². The van der Waals surface area contributed by atoms with Gasteiger partial charge in [0.05, 0.1) is 7.11 Å². The van der Waals surface area contributed by atoms with Crippen LogP contribution in [0.15, 0.2) is 35.9 Å². The Hall–Kier alpha value is -1.44. The minimum Gasteiger partial charge on any atom is -0.497 e. The average molecular weight is 271 g/mol. The number of fused-ring (bicyclic) bond motifs is 2. The summed E-state index contributed by atoms with van der Waals surface area (Å²) in [6.45, 7) is 8.20. The highest BCUT2D eigenvalue weighted by Crippen LogP contribution is 2.44. The lowest BCUT2D eigenvalue weighted by Gasteiger charge is -2.48. The molecule has 1 saturated heterocycles. The van der Waals surface area contributed by atoms with Crippen molar-refractivity contribution >= 4 is 5.69 Å². The molecule has 4 rings (SSSR count). The predicted octanol–water partition coefficient (Wildman–Crippen LogP) is 4.27. The van der Waals surface area contributed by atoms with Crippen LogP contribution >= 0.6 is 0 Å². The summed E-state index contributed by atoms with van der Waals surface area (Å²) in [5, 5.41) is 0. The van der Waals surface area contributed by atoms with Gasteiger partial charge in [0.1, 0.15) is 5.75 Å². The van der Waals surface area contributed by atoms with Crippen LogP contribution in [0.2, 0.25) is 0 Å². The molecule has 20 heavy (non-hydrogen) atoms. The topological polar surface area (TPSA) is 12.5 Å². The predicted molar refractivity (Wildman–Crippen MR) is 84.4 cm³/mol. The second kappa shape index (κ2) is 4.83. The van der Waals surface area contributed by atoms with Crippen LogP contribution in [0.3, 0.4) is 0 Å². The molecule has 1 aliphatic carbocycles. The molecule has 0 aromatic heterocycles. The molecular formula is C18H25NO. The molecule has 108 valence electrons. The van der Waals surface area contributed by atoms with Gasteiger partial charge < -0.3 is 9.64 Å². The van der Waals surface area contributed by atoms with Crippen molar-refractivity contribution in [3.8, 4) is 5.75 Å². The van der Waals surface area contributed by atoms with E-state index in [9.17, 15) is 0 Å². The largest absolute Gasteiger partial charge is 0.497 e. The zero-order valence-electron chi connectivity index (χ0n) is 13.0. The minimum absolute atomic E-state index is 0.315. The van der Waals surface area contributed by atoms with Gasteiger partial charge in [-0.25, -0.2) is 0 Å². The molecule has 2 heterocycles. The molecule has 1 aromatic carbocycles. The SMILES string of the molecule is COc1ccc(N2C[C@@H]3CC[C@H]2C=C3C(C)(C)C)cc1. The fourth-order valence-electron chi connectivity index (χ4n) is 3.70. The fourth-order valence-corrected chi connectivity index (χ4v) is 3.70. The van der Waals surface area contributed by atoms with E-state index in [-0.39, 0.29) is 0 Å². The summed E-state index contributed by atoms with van der Waals surface area (Å²) >= 11 is 0. The number of anilines is 1. The lowest BCUT2D eigenvalue weighted by molar-refractivity contribution is 0.323. The van der Waals surface area contributed by atoms with Gasteiger partial charge in [-0.15, -0.1) is 0 Å². The third-order valence-corrected chi connectivity index (χ3v) is 4.71. The molecule has 0 unspecified atom stereocenters. The summed E-state index contributed by atoms with van der Waals surface area (Å²) in [5.74, 6) is 1.66. The van der Waals surface area contributed by atoms with Crippen LogP contribution < -0.4 is 9.64 Å². The standard InChI is InChI=1S/C18H25NO/c1-18(2,3)17-11-15-6-5-13(17)12-19(15)14-7-9-16(20-4)10-8-14/h7-11,13,15H,5-6,12H2,1-4H3/t13-,15-/m0/s1. The Morgan fingerprint density at radius 2 is 1.80 bits per heavy atom. The summed E-state index contributed by atoms with van der Waals surface area (Å²) in [5.41, 5.74) is 3.30. The van der Waals surface area contributed by atoms with Crippen molar-refractivity contribution < 1.29 is 4.74 Å². The molecule has 2 aliphatic heterocycles. The van der Waals surface area contributed by atoms with Crippen molar-refractivity contribution in [2.24, 2.45) is 11.3 Å². The smallest absolute Gasteiger partial charge is 0.119 e. The van der Waals surface area contributed by atoms with Crippen molar-refractivity contribution in [2.45, 2.75) is 39.7 Å². The van der Waals surface area contributed by atoms with Gasteiger partial charge in [-0.1, -0.05) is 32.4 Å². The van der Waals surface area contributed by atoms with Gasteiger partial charge in [-0.2, -0.15) is 0 Å². The molecule has 1 aromatic rings. The molecule has 0 saturated carbocycles. The number of piperidine rings is 1. The van der Waals surface area contributed by atoms with Gasteiger partial charge >= 0.3 is 0 Å². The summed E-state index contributed by atoms with van der Waals surface area (Å²) in [7, 11) is 1.72. The Morgan fingerprint density at radius 3 is 2.30 bits per heavy atom. The summed E-state index contributed by atoms with van der Waals surface area (Å²) < 4.78 is 5.25. The Labute approximate surface area is 122 Å². The van der Waals surface area contributed by atoms with Crippen molar-refractivity contribution in [3.63, 3.8) is 0 Å². The van der Waals surface area contributed by atoms with Crippen LogP contribution in [0, 0.1) is 11.3 Å². The second-order valence-corrected chi connectivity index (χ2v) is 7.06. The van der Waals surface area contributed by atoms with Gasteiger partial charge in [-0.05, 0) is 48.4 Å². The third kappa shape index (κ3) is 2.32. The highest BCUT2D eigenvalue weighted by atomic mass is 16.5. The summed E-state index contributed by atoms with van der Waals surface area (Å²) in [6.07, 6.45) is 5.17. The minimum atomic E-state index is 0.315. The van der Waals surface area contributed by atoms with E-state index >= 15 is 0 Å². The molecule has 2 bridgehead atoms. The molecule has 0 N–H and O–H groups in total. The Bertz CT molecular complexity index is 509. The van der Waals surface area contributed by atoms with Crippen molar-refractivity contribution in [3.05, 3.63) is 35.9 Å². The molecule has 0 radical (unpaired) electrons. The number of methoxy groups -OCH3 is 1. The highest BCUT2D eigenvalue weighted by Gasteiger charge is 2.38. The lowest BCUT2D eigenvalue weighted by atomic mass is 9.69. The van der Waals surface area contributed by atoms with E-state index in [1.165, 1.54) is 25.1 Å². The van der Waals surface area contributed by atoms with E-state index in [1.54, 1.807) is 12.7 Å². The first kappa shape index (κ1) is 13.5. The first-order valence-corrected chi connectivity index (χ1v) is 7.62. The van der Waals surface area contributed by atoms with Gasteiger partial charge in [-0.3, -0.25) is 0 Å². The van der Waals surface area contributed by atoms with Crippen LogP contribution in [-0.4, -0.2) is 19.7 Å². The Kier molecular flexibility index (Phi) is 3.27. The lowest BCUT2D eigenvalue weighted by Crippen LogP contribution is -2.48. The third-order valence-electron chi connectivity index (χ3n) is 4.71. The average Bonchev–Trinajstić information content (AvgIpc) is 2.47. The number of hydrogen-bond donors (Lipinski definition) is 0. The molecule has 3 aliphatic rings. The van der Waals surface area contributed by atoms with E-state index in [2.05, 4.69) is 56.0 Å². The first-order chi connectivity index (χ1) is 9.49. The van der Waals surface area contributed by atoms with Crippen LogP contribution in [0.1, 0.15) is 33.6 Å². The molecule has 2 atom stereocenters. The number of hydrogen-bond acceptors (Lipinski definition) is 2. The molecule has 0 spiro atoms. The van der Waals surface area contributed by atoms with Crippen molar-refractivity contribution in [2.75, 3.05) is 18.6 Å². The zero-order chi connectivity index (χ0) is 14.3. The van der Waals surface area contributed by atoms with Crippen LogP contribution in [0.4, 0.5) is 5.69 Å². The number of benzene rings is 1. The maximum absolute atomic E-state index is 5.25. The van der Waals surface area contributed by atoms with E-state index in [0.29, 0.717) is 11.5 Å². The number of rotatable bonds is 2. The number of ether oxygens (including phenoxy) is 1. The molecule has 0 amide bonds. The monoisotopic (exact) mass is 271 g/mol. The Balaban J connectivity index is 1.86. The van der Waals surface area contributed by atoms with Crippen molar-refractivity contribution in [1.82, 2.24) is 0 Å². The van der Waals surface area contributed by atoms with Gasteiger partial charge in [0.25, 0.3) is 0 Å². The highest BCUT2D eigenvalue weighted by molar-refractivity contribution is 5.53. The summed E-state index contributed by atoms with van der Waals surface area (Å²) in [4.78, 5) is 2.56. The molecule has 1 fully saturated rings. The van der Waals surface area contributed by atoms with E-state index in [0.717, 1.165) is 11.7 Å². The molecular weight excluding hydrogens is 246 g/mol. The molecule has 2 nitrogen and oxygen atoms in total. The van der Waals surface area contributed by atoms with Gasteiger partial charge in [0.15, 0.2) is 0 Å². The van der Waals surface area contributed by atoms with E-state index < -0.39 is 0 Å². The normalized spacial score (nSPS) is 25.6. The summed E-state index contributed by atoms with van der Waals surface area (Å²) in [6, 6.07) is 9.06. The quantitative estimate of drug-likeness (QED) is 0.745. The van der Waals surface area contributed by atoms with E-state index in [4.69, 9.17) is 4.74 Å².